The van der Waals surface area contributed by atoms with Crippen LogP contribution in [0.4, 0.5) is 0 Å². The Kier molecular flexibility index (Phi) is 6.51. The van der Waals surface area contributed by atoms with E-state index in [-0.39, 0.29) is 6.10 Å². The summed E-state index contributed by atoms with van der Waals surface area (Å²) in [5.74, 6) is 0.901. The summed E-state index contributed by atoms with van der Waals surface area (Å²) in [5, 5.41) is 0. The van der Waals surface area contributed by atoms with Crippen LogP contribution in [0.1, 0.15) is 36.1 Å². The lowest BCUT2D eigenvalue weighted by Crippen LogP contribution is -2.38. The average molecular weight is 404 g/mol. The number of nitrogens with zero attached hydrogens (tertiary/aromatic N) is 1. The molecule has 1 heterocycles. The number of halogens is 1. The van der Waals surface area contributed by atoms with E-state index in [4.69, 9.17) is 9.47 Å². The standard InChI is InChI=1S/C21H26BrNO2/c1-3-10-23-11-12-24-21(14-23)19-9-8-18(13-16(19)2)25-15-17-6-4-5-7-20(17)22/h4-9,13,21H,3,10-12,14-15H2,1-2H3. The van der Waals surface area contributed by atoms with Gasteiger partial charge in [-0.1, -0.05) is 47.1 Å². The molecular formula is C21H26BrNO2. The van der Waals surface area contributed by atoms with Crippen molar-refractivity contribution in [3.8, 4) is 5.75 Å². The van der Waals surface area contributed by atoms with Crippen LogP contribution in [0, 0.1) is 6.92 Å². The lowest BCUT2D eigenvalue weighted by atomic mass is 10.0. The van der Waals surface area contributed by atoms with Crippen molar-refractivity contribution in [2.45, 2.75) is 33.0 Å². The van der Waals surface area contributed by atoms with Crippen molar-refractivity contribution in [1.82, 2.24) is 4.90 Å². The lowest BCUT2D eigenvalue weighted by Gasteiger charge is -2.33. The van der Waals surface area contributed by atoms with E-state index in [9.17, 15) is 0 Å². The number of hydrogen-bond donors (Lipinski definition) is 0. The molecule has 134 valence electrons. The monoisotopic (exact) mass is 403 g/mol. The van der Waals surface area contributed by atoms with Gasteiger partial charge in [-0.3, -0.25) is 4.90 Å². The van der Waals surface area contributed by atoms with Crippen LogP contribution in [0.3, 0.4) is 0 Å². The smallest absolute Gasteiger partial charge is 0.120 e. The first-order valence-electron chi connectivity index (χ1n) is 8.98. The second kappa shape index (κ2) is 8.84. The molecule has 1 atom stereocenters. The highest BCUT2D eigenvalue weighted by Gasteiger charge is 2.22. The fourth-order valence-corrected chi connectivity index (χ4v) is 3.69. The van der Waals surface area contributed by atoms with E-state index >= 15 is 0 Å². The quantitative estimate of drug-likeness (QED) is 0.667. The molecular weight excluding hydrogens is 378 g/mol. The van der Waals surface area contributed by atoms with Gasteiger partial charge < -0.3 is 9.47 Å². The first-order chi connectivity index (χ1) is 12.2. The van der Waals surface area contributed by atoms with Crippen LogP contribution in [0.15, 0.2) is 46.9 Å². The number of ether oxygens (including phenoxy) is 2. The molecule has 0 amide bonds. The largest absolute Gasteiger partial charge is 0.489 e. The summed E-state index contributed by atoms with van der Waals surface area (Å²) >= 11 is 3.57. The van der Waals surface area contributed by atoms with Crippen molar-refractivity contribution >= 4 is 15.9 Å². The summed E-state index contributed by atoms with van der Waals surface area (Å²) in [6.45, 7) is 8.90. The zero-order valence-electron chi connectivity index (χ0n) is 15.0. The third kappa shape index (κ3) is 4.84. The normalized spacial score (nSPS) is 18.3. The topological polar surface area (TPSA) is 21.7 Å². The van der Waals surface area contributed by atoms with Crippen LogP contribution in [-0.4, -0.2) is 31.1 Å². The average Bonchev–Trinajstić information content (AvgIpc) is 2.62. The fourth-order valence-electron chi connectivity index (χ4n) is 3.29. The van der Waals surface area contributed by atoms with Crippen molar-refractivity contribution in [2.75, 3.05) is 26.2 Å². The Labute approximate surface area is 159 Å². The Balaban J connectivity index is 1.65. The highest BCUT2D eigenvalue weighted by Crippen LogP contribution is 2.28. The van der Waals surface area contributed by atoms with Gasteiger partial charge in [0.1, 0.15) is 12.4 Å². The SMILES string of the molecule is CCCN1CCOC(c2ccc(OCc3ccccc3Br)cc2C)C1. The van der Waals surface area contributed by atoms with E-state index in [0.717, 1.165) is 42.0 Å². The molecule has 3 rings (SSSR count). The van der Waals surface area contributed by atoms with Crippen molar-refractivity contribution in [1.29, 1.82) is 0 Å². The molecule has 0 aliphatic carbocycles. The van der Waals surface area contributed by atoms with E-state index in [0.29, 0.717) is 6.61 Å². The Hall–Kier alpha value is -1.36. The molecule has 1 aliphatic heterocycles. The van der Waals surface area contributed by atoms with E-state index in [1.54, 1.807) is 0 Å². The number of aryl methyl sites for hydroxylation is 1. The van der Waals surface area contributed by atoms with Gasteiger partial charge in [0.25, 0.3) is 0 Å². The number of hydrogen-bond acceptors (Lipinski definition) is 3. The van der Waals surface area contributed by atoms with E-state index < -0.39 is 0 Å². The minimum atomic E-state index is 0.164. The van der Waals surface area contributed by atoms with Crippen molar-refractivity contribution in [3.63, 3.8) is 0 Å². The van der Waals surface area contributed by atoms with Gasteiger partial charge in [-0.15, -0.1) is 0 Å². The van der Waals surface area contributed by atoms with Crippen molar-refractivity contribution in [3.05, 3.63) is 63.6 Å². The van der Waals surface area contributed by atoms with E-state index in [1.165, 1.54) is 17.5 Å². The molecule has 1 saturated heterocycles. The van der Waals surface area contributed by atoms with Gasteiger partial charge in [0, 0.05) is 23.1 Å². The van der Waals surface area contributed by atoms with Crippen LogP contribution in [0.25, 0.3) is 0 Å². The zero-order chi connectivity index (χ0) is 17.6. The predicted molar refractivity (Wildman–Crippen MR) is 105 cm³/mol. The number of rotatable bonds is 6. The summed E-state index contributed by atoms with van der Waals surface area (Å²) in [4.78, 5) is 2.49. The summed E-state index contributed by atoms with van der Waals surface area (Å²) in [7, 11) is 0. The molecule has 0 spiro atoms. The summed E-state index contributed by atoms with van der Waals surface area (Å²) in [6, 6.07) is 14.5. The zero-order valence-corrected chi connectivity index (χ0v) is 16.6. The molecule has 0 N–H and O–H groups in total. The molecule has 1 fully saturated rings. The summed E-state index contributed by atoms with van der Waals surface area (Å²) in [5.41, 5.74) is 3.65. The molecule has 0 aromatic heterocycles. The van der Waals surface area contributed by atoms with Gasteiger partial charge in [-0.25, -0.2) is 0 Å². The molecule has 2 aromatic carbocycles. The Bertz CT molecular complexity index is 702. The Morgan fingerprint density at radius 3 is 2.84 bits per heavy atom. The Morgan fingerprint density at radius 1 is 1.24 bits per heavy atom. The molecule has 0 bridgehead atoms. The minimum absolute atomic E-state index is 0.164. The summed E-state index contributed by atoms with van der Waals surface area (Å²) < 4.78 is 13.1. The van der Waals surface area contributed by atoms with Crippen LogP contribution in [0.2, 0.25) is 0 Å². The van der Waals surface area contributed by atoms with Crippen molar-refractivity contribution < 1.29 is 9.47 Å². The molecule has 2 aromatic rings. The second-order valence-electron chi connectivity index (χ2n) is 6.56. The predicted octanol–water partition coefficient (Wildman–Crippen LogP) is 5.12. The number of benzene rings is 2. The second-order valence-corrected chi connectivity index (χ2v) is 7.41. The maximum Gasteiger partial charge on any atom is 0.120 e. The van der Waals surface area contributed by atoms with Crippen molar-refractivity contribution in [2.24, 2.45) is 0 Å². The fraction of sp³-hybridized carbons (Fsp3) is 0.429. The van der Waals surface area contributed by atoms with Gasteiger partial charge in [0.15, 0.2) is 0 Å². The minimum Gasteiger partial charge on any atom is -0.489 e. The molecule has 3 nitrogen and oxygen atoms in total. The van der Waals surface area contributed by atoms with E-state index in [1.807, 2.05) is 18.2 Å². The summed E-state index contributed by atoms with van der Waals surface area (Å²) in [6.07, 6.45) is 1.35. The van der Waals surface area contributed by atoms with Crippen LogP contribution < -0.4 is 4.74 Å². The van der Waals surface area contributed by atoms with Crippen LogP contribution in [0.5, 0.6) is 5.75 Å². The van der Waals surface area contributed by atoms with Gasteiger partial charge in [0.05, 0.1) is 12.7 Å². The maximum atomic E-state index is 6.02. The molecule has 0 radical (unpaired) electrons. The third-order valence-corrected chi connectivity index (χ3v) is 5.40. The van der Waals surface area contributed by atoms with Gasteiger partial charge in [-0.05, 0) is 49.2 Å². The van der Waals surface area contributed by atoms with Gasteiger partial charge in [0.2, 0.25) is 0 Å². The Morgan fingerprint density at radius 2 is 2.08 bits per heavy atom. The van der Waals surface area contributed by atoms with Gasteiger partial charge in [-0.2, -0.15) is 0 Å². The first kappa shape index (κ1) is 18.4. The maximum absolute atomic E-state index is 6.02. The number of morpholine rings is 1. The third-order valence-electron chi connectivity index (χ3n) is 4.63. The lowest BCUT2D eigenvalue weighted by molar-refractivity contribution is -0.0301. The highest BCUT2D eigenvalue weighted by atomic mass is 79.9. The molecule has 4 heteroatoms. The molecule has 1 unspecified atom stereocenters. The highest BCUT2D eigenvalue weighted by molar-refractivity contribution is 9.10. The van der Waals surface area contributed by atoms with Crippen LogP contribution in [-0.2, 0) is 11.3 Å². The van der Waals surface area contributed by atoms with Gasteiger partial charge >= 0.3 is 0 Å². The first-order valence-corrected chi connectivity index (χ1v) is 9.77. The molecule has 25 heavy (non-hydrogen) atoms. The van der Waals surface area contributed by atoms with Crippen LogP contribution >= 0.6 is 15.9 Å². The molecule has 1 aliphatic rings. The van der Waals surface area contributed by atoms with E-state index in [2.05, 4.69) is 58.9 Å². The molecule has 0 saturated carbocycles.